The van der Waals surface area contributed by atoms with Crippen molar-refractivity contribution in [2.75, 3.05) is 7.05 Å². The molecule has 2 heteroatoms. The summed E-state index contributed by atoms with van der Waals surface area (Å²) < 4.78 is 0. The predicted molar refractivity (Wildman–Crippen MR) is 93.0 cm³/mol. The van der Waals surface area contributed by atoms with Gasteiger partial charge < -0.3 is 11.1 Å². The minimum atomic E-state index is 0.0708. The Morgan fingerprint density at radius 2 is 1.45 bits per heavy atom. The van der Waals surface area contributed by atoms with E-state index >= 15 is 0 Å². The monoisotopic (exact) mass is 294 g/mol. The molecule has 3 N–H and O–H groups in total. The molecule has 4 atom stereocenters. The summed E-state index contributed by atoms with van der Waals surface area (Å²) in [7, 11) is 2.04. The van der Waals surface area contributed by atoms with Crippen LogP contribution in [0.25, 0.3) is 0 Å². The van der Waals surface area contributed by atoms with Crippen molar-refractivity contribution in [2.45, 2.75) is 43.2 Å². The highest BCUT2D eigenvalue weighted by Gasteiger charge is 2.47. The van der Waals surface area contributed by atoms with Crippen molar-refractivity contribution in [1.29, 1.82) is 0 Å². The van der Waals surface area contributed by atoms with Crippen molar-refractivity contribution in [3.8, 4) is 0 Å². The number of hydrogen-bond acceptors (Lipinski definition) is 2. The molecule has 2 saturated carbocycles. The van der Waals surface area contributed by atoms with Crippen LogP contribution in [0.1, 0.15) is 42.7 Å². The first kappa shape index (κ1) is 15.3. The second-order valence-corrected chi connectivity index (χ2v) is 6.82. The molecule has 0 aromatic heterocycles. The fourth-order valence-electron chi connectivity index (χ4n) is 3.15. The van der Waals surface area contributed by atoms with Crippen LogP contribution in [-0.2, 0) is 0 Å². The zero-order valence-electron chi connectivity index (χ0n) is 13.5. The molecule has 0 spiro atoms. The maximum atomic E-state index is 5.94. The van der Waals surface area contributed by atoms with Gasteiger partial charge in [0.1, 0.15) is 0 Å². The van der Waals surface area contributed by atoms with E-state index in [1.54, 1.807) is 0 Å². The summed E-state index contributed by atoms with van der Waals surface area (Å²) in [6.07, 6.45) is 2.44. The molecule has 4 rings (SSSR count). The number of rotatable bonds is 3. The van der Waals surface area contributed by atoms with E-state index < -0.39 is 0 Å². The molecular weight excluding hydrogens is 268 g/mol. The first-order chi connectivity index (χ1) is 10.6. The number of nitrogens with two attached hydrogens (primary N) is 1. The lowest BCUT2D eigenvalue weighted by Gasteiger charge is -2.02. The Morgan fingerprint density at radius 3 is 1.86 bits per heavy atom. The molecule has 2 aliphatic carbocycles. The molecule has 0 bridgehead atoms. The van der Waals surface area contributed by atoms with Crippen LogP contribution in [0, 0.1) is 0 Å². The zero-order valence-corrected chi connectivity index (χ0v) is 13.5. The van der Waals surface area contributed by atoms with Gasteiger partial charge in [-0.25, -0.2) is 0 Å². The largest absolute Gasteiger partial charge is 0.325 e. The predicted octanol–water partition coefficient (Wildman–Crippen LogP) is 3.65. The summed E-state index contributed by atoms with van der Waals surface area (Å²) in [5.41, 5.74) is 8.88. The Bertz CT molecular complexity index is 592. The van der Waals surface area contributed by atoms with E-state index in [4.69, 9.17) is 5.73 Å². The molecule has 2 nitrogen and oxygen atoms in total. The SMILES string of the molecule is CNC1CC1c1ccccc1.C[C@]1(N)C[C@H]1c1ccccc1. The summed E-state index contributed by atoms with van der Waals surface area (Å²) in [5.74, 6) is 1.38. The standard InChI is InChI=1S/2C10H13N/c1-11-10-7-9(10)8-5-3-2-4-6-8;1-10(11)7-9(10)8-5-3-2-4-6-8/h2-6,9-11H,7H2,1H3;2-6,9H,7,11H2,1H3/t;9-,10-/m.0/s1. The molecule has 22 heavy (non-hydrogen) atoms. The molecule has 2 aromatic rings. The van der Waals surface area contributed by atoms with Gasteiger partial charge in [-0.1, -0.05) is 60.7 Å². The highest BCUT2D eigenvalue weighted by Crippen LogP contribution is 2.48. The summed E-state index contributed by atoms with van der Waals surface area (Å²) in [5, 5.41) is 3.29. The van der Waals surface area contributed by atoms with Gasteiger partial charge in [0.25, 0.3) is 0 Å². The quantitative estimate of drug-likeness (QED) is 0.907. The van der Waals surface area contributed by atoms with Crippen LogP contribution in [0.15, 0.2) is 60.7 Å². The van der Waals surface area contributed by atoms with Gasteiger partial charge in [0.15, 0.2) is 0 Å². The third-order valence-corrected chi connectivity index (χ3v) is 4.87. The second kappa shape index (κ2) is 6.23. The Labute approximate surface area is 133 Å². The smallest absolute Gasteiger partial charge is 0.0202 e. The number of hydrogen-bond donors (Lipinski definition) is 2. The van der Waals surface area contributed by atoms with Crippen LogP contribution in [0.5, 0.6) is 0 Å². The Balaban J connectivity index is 0.000000131. The van der Waals surface area contributed by atoms with Crippen LogP contribution in [0.2, 0.25) is 0 Å². The van der Waals surface area contributed by atoms with Gasteiger partial charge in [0.05, 0.1) is 0 Å². The number of nitrogens with one attached hydrogen (secondary N) is 1. The lowest BCUT2D eigenvalue weighted by Crippen LogP contribution is -2.18. The van der Waals surface area contributed by atoms with E-state index in [1.807, 2.05) is 13.1 Å². The molecule has 0 heterocycles. The Kier molecular flexibility index (Phi) is 4.32. The van der Waals surface area contributed by atoms with E-state index in [9.17, 15) is 0 Å². The van der Waals surface area contributed by atoms with Crippen molar-refractivity contribution in [2.24, 2.45) is 5.73 Å². The van der Waals surface area contributed by atoms with Crippen LogP contribution in [-0.4, -0.2) is 18.6 Å². The molecule has 0 aliphatic heterocycles. The van der Waals surface area contributed by atoms with Gasteiger partial charge in [0, 0.05) is 23.4 Å². The fourth-order valence-corrected chi connectivity index (χ4v) is 3.15. The second-order valence-electron chi connectivity index (χ2n) is 6.82. The van der Waals surface area contributed by atoms with Crippen LogP contribution < -0.4 is 11.1 Å². The van der Waals surface area contributed by atoms with E-state index in [0.29, 0.717) is 5.92 Å². The maximum Gasteiger partial charge on any atom is 0.0202 e. The van der Waals surface area contributed by atoms with E-state index in [-0.39, 0.29) is 5.54 Å². The normalized spacial score (nSPS) is 31.9. The van der Waals surface area contributed by atoms with E-state index in [1.165, 1.54) is 17.5 Å². The first-order valence-corrected chi connectivity index (χ1v) is 8.18. The Morgan fingerprint density at radius 1 is 0.955 bits per heavy atom. The molecular formula is C20H26N2. The molecule has 2 aromatic carbocycles. The van der Waals surface area contributed by atoms with Crippen molar-refractivity contribution in [3.05, 3.63) is 71.8 Å². The summed E-state index contributed by atoms with van der Waals surface area (Å²) in [6, 6.07) is 21.9. The van der Waals surface area contributed by atoms with Gasteiger partial charge in [0.2, 0.25) is 0 Å². The average molecular weight is 294 g/mol. The van der Waals surface area contributed by atoms with Crippen LogP contribution >= 0.6 is 0 Å². The van der Waals surface area contributed by atoms with Gasteiger partial charge in [-0.3, -0.25) is 0 Å². The highest BCUT2D eigenvalue weighted by molar-refractivity contribution is 5.31. The summed E-state index contributed by atoms with van der Waals surface area (Å²) in [4.78, 5) is 0. The van der Waals surface area contributed by atoms with Gasteiger partial charge >= 0.3 is 0 Å². The maximum absolute atomic E-state index is 5.94. The number of likely N-dealkylation sites (N-methyl/N-ethyl adjacent to an activating group) is 1. The van der Waals surface area contributed by atoms with Gasteiger partial charge in [-0.2, -0.15) is 0 Å². The molecule has 0 radical (unpaired) electrons. The molecule has 2 unspecified atom stereocenters. The molecule has 2 aliphatic rings. The lowest BCUT2D eigenvalue weighted by molar-refractivity contribution is 0.728. The van der Waals surface area contributed by atoms with Crippen molar-refractivity contribution in [1.82, 2.24) is 5.32 Å². The van der Waals surface area contributed by atoms with E-state index in [2.05, 4.69) is 66.8 Å². The fraction of sp³-hybridized carbons (Fsp3) is 0.400. The highest BCUT2D eigenvalue weighted by atomic mass is 14.9. The van der Waals surface area contributed by atoms with Crippen LogP contribution in [0.4, 0.5) is 0 Å². The lowest BCUT2D eigenvalue weighted by atomic mass is 10.1. The third kappa shape index (κ3) is 3.57. The number of benzene rings is 2. The summed E-state index contributed by atoms with van der Waals surface area (Å²) in [6.45, 7) is 2.12. The van der Waals surface area contributed by atoms with E-state index in [0.717, 1.165) is 18.4 Å². The van der Waals surface area contributed by atoms with Gasteiger partial charge in [-0.05, 0) is 37.9 Å². The first-order valence-electron chi connectivity index (χ1n) is 8.18. The van der Waals surface area contributed by atoms with Crippen molar-refractivity contribution < 1.29 is 0 Å². The topological polar surface area (TPSA) is 38.0 Å². The van der Waals surface area contributed by atoms with Crippen LogP contribution in [0.3, 0.4) is 0 Å². The minimum absolute atomic E-state index is 0.0708. The zero-order chi connectivity index (χ0) is 15.6. The van der Waals surface area contributed by atoms with Gasteiger partial charge in [-0.15, -0.1) is 0 Å². The molecule has 0 amide bonds. The summed E-state index contributed by atoms with van der Waals surface area (Å²) >= 11 is 0. The molecule has 116 valence electrons. The third-order valence-electron chi connectivity index (χ3n) is 4.87. The van der Waals surface area contributed by atoms with Crippen molar-refractivity contribution in [3.63, 3.8) is 0 Å². The molecule has 2 fully saturated rings. The van der Waals surface area contributed by atoms with Crippen molar-refractivity contribution >= 4 is 0 Å². The average Bonchev–Trinajstić information content (AvgIpc) is 3.45. The Hall–Kier alpha value is -1.64. The molecule has 0 saturated heterocycles. The minimum Gasteiger partial charge on any atom is -0.325 e.